The van der Waals surface area contributed by atoms with Crippen LogP contribution in [0.15, 0.2) is 83.5 Å². The van der Waals surface area contributed by atoms with E-state index in [1.54, 1.807) is 61.5 Å². The number of hydrogen-bond acceptors (Lipinski definition) is 7. The van der Waals surface area contributed by atoms with Crippen LogP contribution in [0.4, 0.5) is 38.5 Å². The molecule has 0 bridgehead atoms. The summed E-state index contributed by atoms with van der Waals surface area (Å²) in [6.07, 6.45) is 1.44. The quantitative estimate of drug-likeness (QED) is 0.0979. The highest BCUT2D eigenvalue weighted by molar-refractivity contribution is 6.34. The van der Waals surface area contributed by atoms with Crippen LogP contribution in [0.5, 0.6) is 0 Å². The van der Waals surface area contributed by atoms with Gasteiger partial charge in [0.25, 0.3) is 11.8 Å². The Bertz CT molecular complexity index is 1990. The second-order valence-electron chi connectivity index (χ2n) is 10.6. The standard InChI is InChI=1S/C14H12ClFN2O.C12H11ClN2O2.C9H11ClN2O/c1-8-6-12(17)10(15)7-13(8)18-14(19)9-4-2-3-5-11(9)16;1-7-5-9(14)8(13)6-10(7)15-12(16)11-3-2-4-17-11;1-5-3-8(11)7(10)4-9(5)12-6(2)13/h2-7H,17H2,1H3,(H,18,19);2-6H,14H2,1H3,(H,15,16);3-4H,11H2,1-2H3,(H,12,13). The molecule has 14 heteroatoms. The maximum absolute atomic E-state index is 13.5. The average molecular weight is 728 g/mol. The number of rotatable bonds is 5. The molecule has 0 fully saturated rings. The number of amides is 3. The summed E-state index contributed by atoms with van der Waals surface area (Å²) >= 11 is 17.6. The number of carbonyl (C=O) groups is 3. The van der Waals surface area contributed by atoms with Crippen LogP contribution in [0.25, 0.3) is 0 Å². The van der Waals surface area contributed by atoms with Gasteiger partial charge in [-0.3, -0.25) is 14.4 Å². The van der Waals surface area contributed by atoms with Crippen LogP contribution in [-0.2, 0) is 4.79 Å². The first kappa shape index (κ1) is 38.2. The van der Waals surface area contributed by atoms with Crippen molar-refractivity contribution in [1.29, 1.82) is 0 Å². The van der Waals surface area contributed by atoms with Gasteiger partial charge in [0.2, 0.25) is 5.91 Å². The Morgan fingerprint density at radius 2 is 1.06 bits per heavy atom. The highest BCUT2D eigenvalue weighted by Gasteiger charge is 2.14. The third kappa shape index (κ3) is 10.9. The maximum Gasteiger partial charge on any atom is 0.291 e. The van der Waals surface area contributed by atoms with E-state index >= 15 is 0 Å². The second kappa shape index (κ2) is 17.3. The molecule has 0 spiro atoms. The van der Waals surface area contributed by atoms with Gasteiger partial charge in [0.05, 0.1) is 44.0 Å². The van der Waals surface area contributed by atoms with Gasteiger partial charge in [0.1, 0.15) is 5.82 Å². The number of nitrogens with one attached hydrogen (secondary N) is 3. The van der Waals surface area contributed by atoms with E-state index in [1.165, 1.54) is 31.4 Å². The van der Waals surface area contributed by atoms with Gasteiger partial charge in [0.15, 0.2) is 5.76 Å². The van der Waals surface area contributed by atoms with Crippen molar-refractivity contribution in [2.75, 3.05) is 33.2 Å². The van der Waals surface area contributed by atoms with Gasteiger partial charge in [-0.15, -0.1) is 0 Å². The first-order valence-electron chi connectivity index (χ1n) is 14.4. The highest BCUT2D eigenvalue weighted by Crippen LogP contribution is 2.29. The van der Waals surface area contributed by atoms with Gasteiger partial charge in [-0.1, -0.05) is 46.9 Å². The van der Waals surface area contributed by atoms with Crippen molar-refractivity contribution in [3.05, 3.63) is 128 Å². The zero-order valence-electron chi connectivity index (χ0n) is 26.9. The molecule has 3 amide bonds. The molecule has 5 rings (SSSR count). The number of carbonyl (C=O) groups excluding carboxylic acids is 3. The summed E-state index contributed by atoms with van der Waals surface area (Å²) < 4.78 is 18.5. The molecule has 0 atom stereocenters. The smallest absolute Gasteiger partial charge is 0.291 e. The Kier molecular flexibility index (Phi) is 13.5. The Hall–Kier alpha value is -5.23. The second-order valence-corrected chi connectivity index (χ2v) is 11.8. The van der Waals surface area contributed by atoms with Gasteiger partial charge in [-0.2, -0.15) is 0 Å². The third-order valence-corrected chi connectivity index (χ3v) is 7.68. The van der Waals surface area contributed by atoms with E-state index in [0.717, 1.165) is 16.7 Å². The summed E-state index contributed by atoms with van der Waals surface area (Å²) in [5.41, 5.74) is 22.6. The Morgan fingerprint density at radius 1 is 0.633 bits per heavy atom. The summed E-state index contributed by atoms with van der Waals surface area (Å²) in [6.45, 7) is 6.93. The number of furan rings is 1. The molecule has 10 nitrogen and oxygen atoms in total. The fraction of sp³-hybridized carbons (Fsp3) is 0.114. The summed E-state index contributed by atoms with van der Waals surface area (Å²) in [5.74, 6) is -1.29. The molecule has 256 valence electrons. The first-order valence-corrected chi connectivity index (χ1v) is 15.6. The molecule has 0 saturated heterocycles. The lowest BCUT2D eigenvalue weighted by Gasteiger charge is -2.10. The molecule has 0 aliphatic heterocycles. The minimum absolute atomic E-state index is 0.0187. The van der Waals surface area contributed by atoms with E-state index in [-0.39, 0.29) is 23.1 Å². The van der Waals surface area contributed by atoms with Gasteiger partial charge >= 0.3 is 0 Å². The fourth-order valence-corrected chi connectivity index (χ4v) is 4.62. The van der Waals surface area contributed by atoms with Crippen LogP contribution >= 0.6 is 34.8 Å². The minimum Gasteiger partial charge on any atom is -0.459 e. The van der Waals surface area contributed by atoms with Crippen LogP contribution in [0.2, 0.25) is 15.1 Å². The Morgan fingerprint density at radius 3 is 1.47 bits per heavy atom. The fourth-order valence-electron chi connectivity index (χ4n) is 4.13. The molecule has 49 heavy (non-hydrogen) atoms. The number of aryl methyl sites for hydroxylation is 3. The molecule has 0 aliphatic carbocycles. The molecule has 4 aromatic carbocycles. The largest absolute Gasteiger partial charge is 0.459 e. The molecule has 0 aliphatic rings. The predicted molar refractivity (Wildman–Crippen MR) is 197 cm³/mol. The summed E-state index contributed by atoms with van der Waals surface area (Å²) in [7, 11) is 0. The molecule has 9 N–H and O–H groups in total. The van der Waals surface area contributed by atoms with Gasteiger partial charge in [-0.05, 0) is 98.1 Å². The average Bonchev–Trinajstić information content (AvgIpc) is 3.58. The minimum atomic E-state index is -0.570. The van der Waals surface area contributed by atoms with Crippen LogP contribution in [0.3, 0.4) is 0 Å². The molecule has 0 unspecified atom stereocenters. The van der Waals surface area contributed by atoms with Gasteiger partial charge in [-0.25, -0.2) is 4.39 Å². The van der Waals surface area contributed by atoms with Crippen molar-refractivity contribution in [3.63, 3.8) is 0 Å². The van der Waals surface area contributed by atoms with E-state index < -0.39 is 11.7 Å². The van der Waals surface area contributed by atoms with Gasteiger partial charge < -0.3 is 37.6 Å². The monoisotopic (exact) mass is 726 g/mol. The number of benzene rings is 4. The molecular formula is C35H34Cl3FN6O4. The first-order chi connectivity index (χ1) is 23.1. The lowest BCUT2D eigenvalue weighted by Crippen LogP contribution is -2.14. The van der Waals surface area contributed by atoms with Crippen molar-refractivity contribution in [3.8, 4) is 0 Å². The van der Waals surface area contributed by atoms with E-state index in [9.17, 15) is 18.8 Å². The predicted octanol–water partition coefficient (Wildman–Crippen LogP) is 8.89. The summed E-state index contributed by atoms with van der Waals surface area (Å²) in [5, 5.41) is 9.19. The summed E-state index contributed by atoms with van der Waals surface area (Å²) in [6, 6.07) is 18.9. The van der Waals surface area contributed by atoms with Crippen molar-refractivity contribution in [2.24, 2.45) is 0 Å². The molecule has 5 aromatic rings. The van der Waals surface area contributed by atoms with Crippen molar-refractivity contribution < 1.29 is 23.2 Å². The Labute approximate surface area is 297 Å². The molecule has 1 aromatic heterocycles. The summed E-state index contributed by atoms with van der Waals surface area (Å²) in [4.78, 5) is 34.5. The van der Waals surface area contributed by atoms with E-state index in [4.69, 9.17) is 56.4 Å². The zero-order chi connectivity index (χ0) is 36.4. The zero-order valence-corrected chi connectivity index (χ0v) is 29.2. The number of halogens is 4. The van der Waals surface area contributed by atoms with E-state index in [2.05, 4.69) is 16.0 Å². The van der Waals surface area contributed by atoms with Crippen LogP contribution in [-0.4, -0.2) is 17.7 Å². The lowest BCUT2D eigenvalue weighted by atomic mass is 10.1. The lowest BCUT2D eigenvalue weighted by molar-refractivity contribution is -0.114. The van der Waals surface area contributed by atoms with Crippen LogP contribution in [0, 0.1) is 26.6 Å². The number of nitrogen functional groups attached to an aromatic ring is 3. The molecule has 0 saturated carbocycles. The van der Waals surface area contributed by atoms with Crippen molar-refractivity contribution in [2.45, 2.75) is 27.7 Å². The highest BCUT2D eigenvalue weighted by atomic mass is 35.5. The molecule has 0 radical (unpaired) electrons. The van der Waals surface area contributed by atoms with Gasteiger partial charge in [0, 0.05) is 24.0 Å². The van der Waals surface area contributed by atoms with E-state index in [1.807, 2.05) is 13.8 Å². The maximum atomic E-state index is 13.5. The number of nitrogens with two attached hydrogens (primary N) is 3. The van der Waals surface area contributed by atoms with E-state index in [0.29, 0.717) is 49.2 Å². The SMILES string of the molecule is CC(=O)Nc1cc(Cl)c(N)cc1C.Cc1cc(N)c(Cl)cc1NC(=O)c1ccccc1F.Cc1cc(N)c(Cl)cc1NC(=O)c1ccco1. The third-order valence-electron chi connectivity index (χ3n) is 6.70. The van der Waals surface area contributed by atoms with Crippen molar-refractivity contribution in [1.82, 2.24) is 0 Å². The molecule has 1 heterocycles. The van der Waals surface area contributed by atoms with Crippen molar-refractivity contribution >= 4 is 86.6 Å². The van der Waals surface area contributed by atoms with Crippen LogP contribution in [0.1, 0.15) is 44.5 Å². The molecular weight excluding hydrogens is 694 g/mol. The topological polar surface area (TPSA) is 178 Å². The number of hydrogen-bond donors (Lipinski definition) is 6. The van der Waals surface area contributed by atoms with Crippen LogP contribution < -0.4 is 33.2 Å². The Balaban J connectivity index is 0.000000203. The number of anilines is 6. The normalized spacial score (nSPS) is 10.1.